The Bertz CT molecular complexity index is 2030. The van der Waals surface area contributed by atoms with Crippen LogP contribution in [-0.4, -0.2) is 54.2 Å². The lowest BCUT2D eigenvalue weighted by molar-refractivity contribution is -0.384. The van der Waals surface area contributed by atoms with Crippen LogP contribution >= 0.6 is 0 Å². The third-order valence-corrected chi connectivity index (χ3v) is 12.7. The van der Waals surface area contributed by atoms with Gasteiger partial charge in [0.15, 0.2) is 0 Å². The van der Waals surface area contributed by atoms with E-state index in [0.29, 0.717) is 22.9 Å². The molecule has 13 heteroatoms. The average molecular weight is 638 g/mol. The van der Waals surface area contributed by atoms with Crippen molar-refractivity contribution in [3.05, 3.63) is 99.7 Å². The first kappa shape index (κ1) is 30.0. The number of rotatable bonds is 7. The van der Waals surface area contributed by atoms with Crippen molar-refractivity contribution in [2.24, 2.45) is 5.92 Å². The normalized spacial score (nSPS) is 21.2. The first-order valence-electron chi connectivity index (χ1n) is 14.1. The van der Waals surface area contributed by atoms with E-state index in [1.165, 1.54) is 10.2 Å². The maximum atomic E-state index is 14.3. The number of fused-ring (bicyclic) bond motifs is 2. The largest absolute Gasteiger partial charge is 0.465 e. The summed E-state index contributed by atoms with van der Waals surface area (Å²) in [6, 6.07) is 15.1. The number of sulfonamides is 1. The van der Waals surface area contributed by atoms with Gasteiger partial charge in [-0.05, 0) is 81.5 Å². The number of aromatic nitrogens is 1. The molecule has 1 aromatic heterocycles. The number of carbonyl (C=O) groups excluding carboxylic acids is 1. The van der Waals surface area contributed by atoms with Gasteiger partial charge in [-0.3, -0.25) is 14.9 Å². The van der Waals surface area contributed by atoms with Crippen molar-refractivity contribution in [3.8, 4) is 0 Å². The quantitative estimate of drug-likeness (QED) is 0.160. The van der Waals surface area contributed by atoms with E-state index in [1.807, 2.05) is 13.0 Å². The van der Waals surface area contributed by atoms with Gasteiger partial charge in [-0.2, -0.15) is 4.31 Å². The van der Waals surface area contributed by atoms with Crippen LogP contribution in [0.25, 0.3) is 10.9 Å². The van der Waals surface area contributed by atoms with E-state index in [4.69, 9.17) is 4.74 Å². The lowest BCUT2D eigenvalue weighted by Crippen LogP contribution is -2.51. The maximum Gasteiger partial charge on any atom is 0.325 e. The van der Waals surface area contributed by atoms with E-state index in [2.05, 4.69) is 0 Å². The second-order valence-corrected chi connectivity index (χ2v) is 15.4. The van der Waals surface area contributed by atoms with Gasteiger partial charge in [-0.1, -0.05) is 29.8 Å². The minimum atomic E-state index is -4.40. The molecule has 11 nitrogen and oxygen atoms in total. The number of hydrogen-bond acceptors (Lipinski definition) is 8. The standard InChI is InChI=1S/C31H31N3O8S2/c1-5-42-30(35)29-28-24-18-32(43(38,39)22-13-9-19(2)10-14-22)26-8-6-7-20(27(24)26)17-25(28)31(3,4)33(29)44(40,41)23-15-11-21(12-16-23)34(36)37/h6-16,18,25,28-29H,5,17H2,1-4H3/t25?,28-,29-/m0/s1. The molecule has 230 valence electrons. The molecule has 1 saturated heterocycles. The summed E-state index contributed by atoms with van der Waals surface area (Å²) >= 11 is 0. The van der Waals surface area contributed by atoms with Crippen LogP contribution in [0.3, 0.4) is 0 Å². The van der Waals surface area contributed by atoms with Gasteiger partial charge in [0, 0.05) is 35.2 Å². The Hall–Kier alpha value is -4.07. The highest BCUT2D eigenvalue weighted by molar-refractivity contribution is 7.90. The van der Waals surface area contributed by atoms with Crippen LogP contribution in [0, 0.1) is 23.0 Å². The molecule has 44 heavy (non-hydrogen) atoms. The molecule has 2 aliphatic rings. The monoisotopic (exact) mass is 637 g/mol. The highest BCUT2D eigenvalue weighted by atomic mass is 32.2. The molecule has 1 aliphatic heterocycles. The zero-order valence-electron chi connectivity index (χ0n) is 24.5. The molecule has 1 unspecified atom stereocenters. The highest BCUT2D eigenvalue weighted by Crippen LogP contribution is 2.56. The number of nitrogens with zero attached hydrogens (tertiary/aromatic N) is 3. The molecule has 0 bridgehead atoms. The molecule has 4 aromatic rings. The van der Waals surface area contributed by atoms with Crippen molar-refractivity contribution in [2.45, 2.75) is 61.4 Å². The number of nitro benzene ring substituents is 1. The van der Waals surface area contributed by atoms with Gasteiger partial charge in [0.2, 0.25) is 10.0 Å². The summed E-state index contributed by atoms with van der Waals surface area (Å²) in [5.41, 5.74) is 1.34. The van der Waals surface area contributed by atoms with Crippen LogP contribution in [0.4, 0.5) is 5.69 Å². The van der Waals surface area contributed by atoms with Gasteiger partial charge in [0.25, 0.3) is 15.7 Å². The van der Waals surface area contributed by atoms with Crippen molar-refractivity contribution in [2.75, 3.05) is 6.61 Å². The van der Waals surface area contributed by atoms with E-state index in [0.717, 1.165) is 39.7 Å². The summed E-state index contributed by atoms with van der Waals surface area (Å²) in [6.07, 6.45) is 1.91. The minimum absolute atomic E-state index is 0.00732. The van der Waals surface area contributed by atoms with Crippen molar-refractivity contribution in [3.63, 3.8) is 0 Å². The van der Waals surface area contributed by atoms with Crippen molar-refractivity contribution < 1.29 is 31.3 Å². The van der Waals surface area contributed by atoms with Gasteiger partial charge >= 0.3 is 5.97 Å². The maximum absolute atomic E-state index is 14.3. The van der Waals surface area contributed by atoms with E-state index >= 15 is 0 Å². The summed E-state index contributed by atoms with van der Waals surface area (Å²) in [6.45, 7) is 7.00. The summed E-state index contributed by atoms with van der Waals surface area (Å²) in [4.78, 5) is 24.3. The van der Waals surface area contributed by atoms with Crippen molar-refractivity contribution >= 4 is 42.6 Å². The van der Waals surface area contributed by atoms with E-state index < -0.39 is 54.4 Å². The highest BCUT2D eigenvalue weighted by Gasteiger charge is 2.63. The molecule has 0 N–H and O–H groups in total. The smallest absolute Gasteiger partial charge is 0.325 e. The fourth-order valence-corrected chi connectivity index (χ4v) is 10.3. The molecular weight excluding hydrogens is 606 g/mol. The molecule has 0 radical (unpaired) electrons. The Kier molecular flexibility index (Phi) is 6.98. The number of non-ortho nitro benzene ring substituents is 1. The van der Waals surface area contributed by atoms with Gasteiger partial charge in [0.05, 0.1) is 26.8 Å². The molecule has 0 saturated carbocycles. The zero-order chi connectivity index (χ0) is 31.8. The van der Waals surface area contributed by atoms with Crippen LogP contribution in [0.5, 0.6) is 0 Å². The third kappa shape index (κ3) is 4.36. The van der Waals surface area contributed by atoms with Gasteiger partial charge in [-0.15, -0.1) is 0 Å². The van der Waals surface area contributed by atoms with E-state index in [-0.39, 0.29) is 22.1 Å². The minimum Gasteiger partial charge on any atom is -0.465 e. The second-order valence-electron chi connectivity index (χ2n) is 11.7. The summed E-state index contributed by atoms with van der Waals surface area (Å²) < 4.78 is 64.4. The van der Waals surface area contributed by atoms with Crippen LogP contribution in [-0.2, 0) is 36.0 Å². The third-order valence-electron chi connectivity index (χ3n) is 8.92. The first-order chi connectivity index (χ1) is 20.7. The SMILES string of the molecule is CCOC(=O)[C@@H]1[C@H]2c3cn(S(=O)(=O)c4ccc(C)cc4)c4cccc(c34)CC2C(C)(C)N1S(=O)(=O)c1ccc([N+](=O)[O-])cc1. The number of benzene rings is 3. The molecule has 3 atom stereocenters. The first-order valence-corrected chi connectivity index (χ1v) is 17.0. The molecule has 0 spiro atoms. The fraction of sp³-hybridized carbons (Fsp3) is 0.323. The van der Waals surface area contributed by atoms with Gasteiger partial charge < -0.3 is 4.74 Å². The number of carbonyl (C=O) groups is 1. The molecule has 1 fully saturated rings. The Morgan fingerprint density at radius 1 is 0.977 bits per heavy atom. The number of esters is 1. The Balaban J connectivity index is 1.56. The Morgan fingerprint density at radius 2 is 1.59 bits per heavy atom. The summed E-state index contributed by atoms with van der Waals surface area (Å²) in [5, 5.41) is 11.9. The summed E-state index contributed by atoms with van der Waals surface area (Å²) in [5.74, 6) is -1.91. The van der Waals surface area contributed by atoms with Gasteiger partial charge in [0.1, 0.15) is 6.04 Å². The topological polar surface area (TPSA) is 146 Å². The Morgan fingerprint density at radius 3 is 2.20 bits per heavy atom. The lowest BCUT2D eigenvalue weighted by atomic mass is 9.70. The van der Waals surface area contributed by atoms with Crippen LogP contribution in [0.15, 0.2) is 82.7 Å². The molecule has 1 aliphatic carbocycles. The second kappa shape index (κ2) is 10.2. The van der Waals surface area contributed by atoms with Crippen molar-refractivity contribution in [1.29, 1.82) is 0 Å². The number of hydrogen-bond donors (Lipinski definition) is 0. The van der Waals surface area contributed by atoms with E-state index in [1.54, 1.807) is 57.2 Å². The molecule has 2 heterocycles. The molecular formula is C31H31N3O8S2. The predicted octanol–water partition coefficient (Wildman–Crippen LogP) is 4.77. The number of aryl methyl sites for hydroxylation is 1. The number of ether oxygens (including phenoxy) is 1. The number of nitro groups is 1. The van der Waals surface area contributed by atoms with Crippen molar-refractivity contribution in [1.82, 2.24) is 8.28 Å². The average Bonchev–Trinajstić information content (AvgIpc) is 3.48. The summed E-state index contributed by atoms with van der Waals surface area (Å²) in [7, 11) is -8.45. The molecule has 6 rings (SSSR count). The molecule has 0 amide bonds. The van der Waals surface area contributed by atoms with Crippen LogP contribution < -0.4 is 0 Å². The van der Waals surface area contributed by atoms with Crippen LogP contribution in [0.1, 0.15) is 43.4 Å². The Labute approximate surface area is 255 Å². The van der Waals surface area contributed by atoms with E-state index in [9.17, 15) is 31.7 Å². The predicted molar refractivity (Wildman–Crippen MR) is 162 cm³/mol. The van der Waals surface area contributed by atoms with Crippen LogP contribution in [0.2, 0.25) is 0 Å². The lowest BCUT2D eigenvalue weighted by Gasteiger charge is -2.37. The molecule has 3 aromatic carbocycles. The zero-order valence-corrected chi connectivity index (χ0v) is 26.1. The van der Waals surface area contributed by atoms with Gasteiger partial charge in [-0.25, -0.2) is 20.8 Å². The fourth-order valence-electron chi connectivity index (χ4n) is 6.92.